The van der Waals surface area contributed by atoms with Crippen LogP contribution < -0.4 is 0 Å². The van der Waals surface area contributed by atoms with Crippen molar-refractivity contribution in [3.63, 3.8) is 0 Å². The Morgan fingerprint density at radius 1 is 1.27 bits per heavy atom. The van der Waals surface area contributed by atoms with Crippen LogP contribution in [0.3, 0.4) is 0 Å². The fourth-order valence-corrected chi connectivity index (χ4v) is 2.57. The minimum Gasteiger partial charge on any atom is -0.393 e. The van der Waals surface area contributed by atoms with Crippen molar-refractivity contribution >= 4 is 0 Å². The Morgan fingerprint density at radius 3 is 2.47 bits per heavy atom. The first kappa shape index (κ1) is 13.0. The van der Waals surface area contributed by atoms with E-state index in [1.807, 2.05) is 0 Å². The van der Waals surface area contributed by atoms with Gasteiger partial charge in [0, 0.05) is 19.6 Å². The van der Waals surface area contributed by atoms with Crippen LogP contribution in [0.4, 0.5) is 0 Å². The highest BCUT2D eigenvalue weighted by molar-refractivity contribution is 4.80. The Labute approximate surface area is 94.7 Å². The molecule has 90 valence electrons. The molecule has 0 aromatic rings. The zero-order valence-corrected chi connectivity index (χ0v) is 10.6. The molecule has 1 aliphatic rings. The molecule has 1 fully saturated rings. The van der Waals surface area contributed by atoms with E-state index >= 15 is 0 Å². The molecule has 0 bridgehead atoms. The van der Waals surface area contributed by atoms with Crippen LogP contribution in [-0.2, 0) is 0 Å². The second kappa shape index (κ2) is 6.49. The van der Waals surface area contributed by atoms with E-state index in [1.165, 1.54) is 19.4 Å². The van der Waals surface area contributed by atoms with E-state index in [-0.39, 0.29) is 6.10 Å². The molecule has 0 aromatic heterocycles. The van der Waals surface area contributed by atoms with Crippen LogP contribution in [0, 0.1) is 11.8 Å². The van der Waals surface area contributed by atoms with Gasteiger partial charge in [-0.15, -0.1) is 0 Å². The number of hydrogen-bond acceptors (Lipinski definition) is 2. The molecule has 0 saturated carbocycles. The third-order valence-corrected chi connectivity index (χ3v) is 3.97. The lowest BCUT2D eigenvalue weighted by Crippen LogP contribution is -2.44. The molecule has 1 N–H and O–H groups in total. The molecule has 1 rings (SSSR count). The molecule has 2 nitrogen and oxygen atoms in total. The number of nitrogens with zero attached hydrogens (tertiary/aromatic N) is 1. The number of aliphatic hydroxyl groups excluding tert-OH is 1. The molecule has 0 amide bonds. The highest BCUT2D eigenvalue weighted by atomic mass is 16.3. The largest absolute Gasteiger partial charge is 0.393 e. The third-order valence-electron chi connectivity index (χ3n) is 3.97. The number of piperidine rings is 1. The molecule has 0 spiro atoms. The van der Waals surface area contributed by atoms with Gasteiger partial charge in [0.05, 0.1) is 6.10 Å². The quantitative estimate of drug-likeness (QED) is 0.758. The number of hydrogen-bond donors (Lipinski definition) is 1. The molecular weight excluding hydrogens is 186 g/mol. The predicted molar refractivity (Wildman–Crippen MR) is 64.9 cm³/mol. The standard InChI is InChI=1S/C13H27NO/c1-4-11(5-2)9-14-8-7-13(15)12(6-3)10-14/h11-13,15H,4-10H2,1-3H3. The van der Waals surface area contributed by atoms with Gasteiger partial charge in [0.25, 0.3) is 0 Å². The van der Waals surface area contributed by atoms with Gasteiger partial charge in [-0.1, -0.05) is 33.6 Å². The van der Waals surface area contributed by atoms with Gasteiger partial charge in [-0.05, 0) is 24.7 Å². The Kier molecular flexibility index (Phi) is 5.62. The van der Waals surface area contributed by atoms with Crippen LogP contribution in [0.5, 0.6) is 0 Å². The molecule has 0 aliphatic carbocycles. The van der Waals surface area contributed by atoms with Crippen molar-refractivity contribution in [2.24, 2.45) is 11.8 Å². The highest BCUT2D eigenvalue weighted by Crippen LogP contribution is 2.21. The predicted octanol–water partition coefficient (Wildman–Crippen LogP) is 2.52. The van der Waals surface area contributed by atoms with Crippen molar-refractivity contribution in [2.75, 3.05) is 19.6 Å². The molecule has 1 heterocycles. The third kappa shape index (κ3) is 3.76. The summed E-state index contributed by atoms with van der Waals surface area (Å²) in [6.45, 7) is 10.2. The van der Waals surface area contributed by atoms with Gasteiger partial charge in [-0.2, -0.15) is 0 Å². The lowest BCUT2D eigenvalue weighted by molar-refractivity contribution is 0.0191. The average molecular weight is 213 g/mol. The van der Waals surface area contributed by atoms with Crippen LogP contribution in [0.2, 0.25) is 0 Å². The molecule has 2 atom stereocenters. The fraction of sp³-hybridized carbons (Fsp3) is 1.00. The summed E-state index contributed by atoms with van der Waals surface area (Å²) in [5.74, 6) is 1.35. The Morgan fingerprint density at radius 2 is 1.93 bits per heavy atom. The Balaban J connectivity index is 2.37. The second-order valence-electron chi connectivity index (χ2n) is 4.97. The van der Waals surface area contributed by atoms with Crippen molar-refractivity contribution in [1.82, 2.24) is 4.90 Å². The summed E-state index contributed by atoms with van der Waals surface area (Å²) in [5, 5.41) is 9.81. The Hall–Kier alpha value is -0.0800. The van der Waals surface area contributed by atoms with Crippen molar-refractivity contribution < 1.29 is 5.11 Å². The first-order chi connectivity index (χ1) is 7.21. The molecule has 2 heteroatoms. The van der Waals surface area contributed by atoms with Crippen LogP contribution in [0.25, 0.3) is 0 Å². The summed E-state index contributed by atoms with van der Waals surface area (Å²) >= 11 is 0. The molecule has 15 heavy (non-hydrogen) atoms. The lowest BCUT2D eigenvalue weighted by Gasteiger charge is -2.37. The maximum Gasteiger partial charge on any atom is 0.0592 e. The normalized spacial score (nSPS) is 28.6. The minimum absolute atomic E-state index is 0.0482. The van der Waals surface area contributed by atoms with Gasteiger partial charge in [0.2, 0.25) is 0 Å². The van der Waals surface area contributed by atoms with Gasteiger partial charge in [0.15, 0.2) is 0 Å². The summed E-state index contributed by atoms with van der Waals surface area (Å²) in [6, 6.07) is 0. The first-order valence-corrected chi connectivity index (χ1v) is 6.61. The van der Waals surface area contributed by atoms with E-state index in [2.05, 4.69) is 25.7 Å². The smallest absolute Gasteiger partial charge is 0.0592 e. The fourth-order valence-electron chi connectivity index (χ4n) is 2.57. The molecule has 0 aromatic carbocycles. The van der Waals surface area contributed by atoms with E-state index in [9.17, 15) is 5.11 Å². The summed E-state index contributed by atoms with van der Waals surface area (Å²) in [4.78, 5) is 2.55. The van der Waals surface area contributed by atoms with E-state index in [4.69, 9.17) is 0 Å². The summed E-state index contributed by atoms with van der Waals surface area (Å²) < 4.78 is 0. The molecule has 2 unspecified atom stereocenters. The van der Waals surface area contributed by atoms with E-state index < -0.39 is 0 Å². The van der Waals surface area contributed by atoms with Crippen LogP contribution >= 0.6 is 0 Å². The van der Waals surface area contributed by atoms with E-state index in [0.717, 1.165) is 31.8 Å². The van der Waals surface area contributed by atoms with E-state index in [1.54, 1.807) is 0 Å². The molecule has 0 radical (unpaired) electrons. The van der Waals surface area contributed by atoms with Gasteiger partial charge < -0.3 is 10.0 Å². The molecular formula is C13H27NO. The second-order valence-corrected chi connectivity index (χ2v) is 4.97. The molecule has 1 saturated heterocycles. The first-order valence-electron chi connectivity index (χ1n) is 6.61. The van der Waals surface area contributed by atoms with Crippen LogP contribution in [-0.4, -0.2) is 35.7 Å². The summed E-state index contributed by atoms with van der Waals surface area (Å²) in [6.07, 6.45) is 4.60. The van der Waals surface area contributed by atoms with Crippen molar-refractivity contribution in [3.05, 3.63) is 0 Å². The van der Waals surface area contributed by atoms with Gasteiger partial charge in [-0.25, -0.2) is 0 Å². The molecule has 1 aliphatic heterocycles. The van der Waals surface area contributed by atoms with E-state index in [0.29, 0.717) is 5.92 Å². The van der Waals surface area contributed by atoms with Crippen LogP contribution in [0.15, 0.2) is 0 Å². The SMILES string of the molecule is CCC(CC)CN1CCC(O)C(CC)C1. The summed E-state index contributed by atoms with van der Waals surface area (Å²) in [5.41, 5.74) is 0. The lowest BCUT2D eigenvalue weighted by atomic mass is 9.91. The zero-order valence-electron chi connectivity index (χ0n) is 10.6. The monoisotopic (exact) mass is 213 g/mol. The summed E-state index contributed by atoms with van der Waals surface area (Å²) in [7, 11) is 0. The van der Waals surface area contributed by atoms with Crippen molar-refractivity contribution in [2.45, 2.75) is 52.6 Å². The van der Waals surface area contributed by atoms with Gasteiger partial charge in [-0.3, -0.25) is 0 Å². The van der Waals surface area contributed by atoms with Crippen molar-refractivity contribution in [3.8, 4) is 0 Å². The minimum atomic E-state index is -0.0482. The van der Waals surface area contributed by atoms with Gasteiger partial charge >= 0.3 is 0 Å². The number of aliphatic hydroxyl groups is 1. The zero-order chi connectivity index (χ0) is 11.3. The van der Waals surface area contributed by atoms with Crippen molar-refractivity contribution in [1.29, 1.82) is 0 Å². The number of rotatable bonds is 5. The highest BCUT2D eigenvalue weighted by Gasteiger charge is 2.26. The van der Waals surface area contributed by atoms with Gasteiger partial charge in [0.1, 0.15) is 0 Å². The number of likely N-dealkylation sites (tertiary alicyclic amines) is 1. The average Bonchev–Trinajstić information content (AvgIpc) is 2.28. The Bertz CT molecular complexity index is 166. The maximum atomic E-state index is 9.81. The maximum absolute atomic E-state index is 9.81. The van der Waals surface area contributed by atoms with Crippen LogP contribution in [0.1, 0.15) is 46.5 Å². The topological polar surface area (TPSA) is 23.5 Å².